The van der Waals surface area contributed by atoms with Crippen molar-refractivity contribution in [2.75, 3.05) is 18.5 Å². The van der Waals surface area contributed by atoms with Gasteiger partial charge in [0.1, 0.15) is 16.8 Å². The lowest BCUT2D eigenvalue weighted by molar-refractivity contribution is -0.390. The number of thiophene rings is 1. The van der Waals surface area contributed by atoms with Crippen molar-refractivity contribution in [1.29, 1.82) is 0 Å². The van der Waals surface area contributed by atoms with E-state index >= 15 is 0 Å². The molecule has 0 saturated carbocycles. The average molecular weight is 441 g/mol. The van der Waals surface area contributed by atoms with Gasteiger partial charge in [0.25, 0.3) is 5.91 Å². The Kier molecular flexibility index (Phi) is 6.93. The number of amides is 1. The number of hydrogen-bond donors (Lipinski definition) is 1. The highest BCUT2D eigenvalue weighted by molar-refractivity contribution is 7.17. The van der Waals surface area contributed by atoms with Crippen LogP contribution in [0, 0.1) is 17.0 Å². The van der Waals surface area contributed by atoms with Crippen LogP contribution in [0.1, 0.15) is 22.2 Å². The van der Waals surface area contributed by atoms with Gasteiger partial charge >= 0.3 is 11.8 Å². The largest absolute Gasteiger partial charge is 0.476 e. The first-order valence-electron chi connectivity index (χ1n) is 9.30. The predicted molar refractivity (Wildman–Crippen MR) is 115 cm³/mol. The number of pyridine rings is 1. The van der Waals surface area contributed by atoms with Crippen LogP contribution in [0.2, 0.25) is 0 Å². The summed E-state index contributed by atoms with van der Waals surface area (Å²) in [7, 11) is 0. The van der Waals surface area contributed by atoms with Crippen LogP contribution in [0.5, 0.6) is 5.75 Å². The number of nitrogens with one attached hydrogen (secondary N) is 1. The van der Waals surface area contributed by atoms with Gasteiger partial charge in [-0.1, -0.05) is 30.3 Å². The molecule has 1 amide bonds. The van der Waals surface area contributed by atoms with Crippen molar-refractivity contribution >= 4 is 34.0 Å². The molecule has 0 aliphatic carbocycles. The van der Waals surface area contributed by atoms with Gasteiger partial charge in [-0.3, -0.25) is 4.79 Å². The van der Waals surface area contributed by atoms with Crippen LogP contribution in [0.4, 0.5) is 10.8 Å². The van der Waals surface area contributed by atoms with Crippen LogP contribution in [-0.2, 0) is 9.53 Å². The Morgan fingerprint density at radius 3 is 2.61 bits per heavy atom. The monoisotopic (exact) mass is 441 g/mol. The van der Waals surface area contributed by atoms with Crippen LogP contribution in [0.25, 0.3) is 11.1 Å². The van der Waals surface area contributed by atoms with Gasteiger partial charge in [0.15, 0.2) is 6.61 Å². The molecule has 2 aromatic heterocycles. The number of anilines is 1. The fraction of sp³-hybridized carbons (Fsp3) is 0.190. The number of benzene rings is 1. The summed E-state index contributed by atoms with van der Waals surface area (Å²) in [6.45, 7) is 3.24. The Hall–Kier alpha value is -3.79. The Morgan fingerprint density at radius 2 is 1.94 bits per heavy atom. The number of carbonyl (C=O) groups is 2. The molecular weight excluding hydrogens is 422 g/mol. The van der Waals surface area contributed by atoms with Crippen LogP contribution >= 0.6 is 11.3 Å². The summed E-state index contributed by atoms with van der Waals surface area (Å²) >= 11 is 1.24. The second kappa shape index (κ2) is 9.81. The zero-order valence-electron chi connectivity index (χ0n) is 16.8. The third-order valence-electron chi connectivity index (χ3n) is 4.16. The molecule has 160 valence electrons. The normalized spacial score (nSPS) is 10.4. The summed E-state index contributed by atoms with van der Waals surface area (Å²) in [6.07, 6.45) is 1.26. The van der Waals surface area contributed by atoms with Crippen molar-refractivity contribution in [3.63, 3.8) is 0 Å². The molecule has 0 aliphatic rings. The lowest BCUT2D eigenvalue weighted by Crippen LogP contribution is -2.21. The average Bonchev–Trinajstić information content (AvgIpc) is 3.08. The van der Waals surface area contributed by atoms with Crippen molar-refractivity contribution in [2.24, 2.45) is 0 Å². The number of aromatic nitrogens is 1. The van der Waals surface area contributed by atoms with Crippen molar-refractivity contribution in [2.45, 2.75) is 13.8 Å². The van der Waals surface area contributed by atoms with Gasteiger partial charge in [0.2, 0.25) is 5.75 Å². The van der Waals surface area contributed by atoms with E-state index in [4.69, 9.17) is 9.47 Å². The topological polar surface area (TPSA) is 121 Å². The standard InChI is InChI=1S/C21H19N3O6S/c1-3-29-21(26)18-17(14-8-5-4-6-9-14)13(2)31-20(18)23-16(25)12-30-15-10-7-11-22-19(15)24(27)28/h4-11H,3,12H2,1-2H3,(H,23,25). The highest BCUT2D eigenvalue weighted by Gasteiger charge is 2.26. The van der Waals surface area contributed by atoms with Gasteiger partial charge in [-0.2, -0.15) is 0 Å². The Bertz CT molecular complexity index is 1110. The zero-order valence-corrected chi connectivity index (χ0v) is 17.6. The van der Waals surface area contributed by atoms with E-state index in [0.29, 0.717) is 10.6 Å². The number of esters is 1. The van der Waals surface area contributed by atoms with Crippen molar-refractivity contribution in [3.05, 3.63) is 69.2 Å². The quantitative estimate of drug-likeness (QED) is 0.316. The maximum absolute atomic E-state index is 12.7. The molecule has 1 N–H and O–H groups in total. The SMILES string of the molecule is CCOC(=O)c1c(NC(=O)COc2cccnc2[N+](=O)[O-])sc(C)c1-c1ccccc1. The number of carbonyl (C=O) groups excluding carboxylic acids is 2. The molecule has 2 heterocycles. The number of ether oxygens (including phenoxy) is 2. The fourth-order valence-corrected chi connectivity index (χ4v) is 4.00. The van der Waals surface area contributed by atoms with Crippen LogP contribution in [0.15, 0.2) is 48.7 Å². The molecule has 10 heteroatoms. The number of hydrogen-bond acceptors (Lipinski definition) is 8. The zero-order chi connectivity index (χ0) is 22.4. The molecule has 3 rings (SSSR count). The third kappa shape index (κ3) is 5.04. The van der Waals surface area contributed by atoms with E-state index in [0.717, 1.165) is 10.4 Å². The van der Waals surface area contributed by atoms with E-state index in [1.165, 1.54) is 29.7 Å². The molecular formula is C21H19N3O6S. The van der Waals surface area contributed by atoms with Gasteiger partial charge in [-0.05, 0) is 41.5 Å². The Balaban J connectivity index is 1.85. The van der Waals surface area contributed by atoms with Gasteiger partial charge < -0.3 is 24.9 Å². The second-order valence-electron chi connectivity index (χ2n) is 6.24. The summed E-state index contributed by atoms with van der Waals surface area (Å²) in [6, 6.07) is 12.1. The molecule has 9 nitrogen and oxygen atoms in total. The first-order chi connectivity index (χ1) is 14.9. The molecule has 0 fully saturated rings. The molecule has 31 heavy (non-hydrogen) atoms. The van der Waals surface area contributed by atoms with Crippen LogP contribution in [0.3, 0.4) is 0 Å². The van der Waals surface area contributed by atoms with Crippen LogP contribution in [-0.4, -0.2) is 35.0 Å². The fourth-order valence-electron chi connectivity index (χ4n) is 2.92. The highest BCUT2D eigenvalue weighted by atomic mass is 32.1. The lowest BCUT2D eigenvalue weighted by Gasteiger charge is -2.10. The minimum Gasteiger partial charge on any atom is -0.476 e. The van der Waals surface area contributed by atoms with E-state index < -0.39 is 29.2 Å². The predicted octanol–water partition coefficient (Wildman–Crippen LogP) is 4.22. The minimum atomic E-state index is -0.694. The minimum absolute atomic E-state index is 0.124. The van der Waals surface area contributed by atoms with Crippen LogP contribution < -0.4 is 10.1 Å². The Labute approximate surface area is 181 Å². The summed E-state index contributed by atoms with van der Waals surface area (Å²) in [5.74, 6) is -1.74. The van der Waals surface area contributed by atoms with Gasteiger partial charge in [0.05, 0.1) is 6.61 Å². The molecule has 3 aromatic rings. The van der Waals surface area contributed by atoms with E-state index in [-0.39, 0.29) is 17.9 Å². The molecule has 0 radical (unpaired) electrons. The summed E-state index contributed by atoms with van der Waals surface area (Å²) < 4.78 is 10.5. The van der Waals surface area contributed by atoms with Gasteiger partial charge in [-0.25, -0.2) is 4.79 Å². The molecule has 0 unspecified atom stereocenters. The molecule has 0 saturated heterocycles. The van der Waals surface area contributed by atoms with E-state index in [1.54, 1.807) is 6.92 Å². The third-order valence-corrected chi connectivity index (χ3v) is 5.18. The van der Waals surface area contributed by atoms with E-state index in [2.05, 4.69) is 10.3 Å². The molecule has 0 spiro atoms. The number of nitro groups is 1. The van der Waals surface area contributed by atoms with E-state index in [9.17, 15) is 19.7 Å². The highest BCUT2D eigenvalue weighted by Crippen LogP contribution is 2.40. The second-order valence-corrected chi connectivity index (χ2v) is 7.47. The molecule has 0 aliphatic heterocycles. The number of aryl methyl sites for hydroxylation is 1. The summed E-state index contributed by atoms with van der Waals surface area (Å²) in [5.41, 5.74) is 1.77. The van der Waals surface area contributed by atoms with Crippen molar-refractivity contribution < 1.29 is 24.0 Å². The van der Waals surface area contributed by atoms with E-state index in [1.807, 2.05) is 37.3 Å². The van der Waals surface area contributed by atoms with Gasteiger partial charge in [-0.15, -0.1) is 11.3 Å². The van der Waals surface area contributed by atoms with Crippen molar-refractivity contribution in [1.82, 2.24) is 4.98 Å². The maximum atomic E-state index is 12.7. The number of rotatable bonds is 8. The molecule has 0 atom stereocenters. The first-order valence-corrected chi connectivity index (χ1v) is 10.1. The summed E-state index contributed by atoms with van der Waals surface area (Å²) in [5, 5.41) is 14.0. The Morgan fingerprint density at radius 1 is 1.19 bits per heavy atom. The lowest BCUT2D eigenvalue weighted by atomic mass is 10.0. The molecule has 1 aromatic carbocycles. The van der Waals surface area contributed by atoms with Crippen molar-refractivity contribution in [3.8, 4) is 16.9 Å². The van der Waals surface area contributed by atoms with Gasteiger partial charge in [0, 0.05) is 10.4 Å². The maximum Gasteiger partial charge on any atom is 0.406 e. The smallest absolute Gasteiger partial charge is 0.406 e. The number of nitrogens with zero attached hydrogens (tertiary/aromatic N) is 2. The first kappa shape index (κ1) is 21.9. The molecule has 0 bridgehead atoms. The summed E-state index contributed by atoms with van der Waals surface area (Å²) in [4.78, 5) is 39.9.